The van der Waals surface area contributed by atoms with Crippen LogP contribution in [0.5, 0.6) is 0 Å². The van der Waals surface area contributed by atoms with Crippen LogP contribution in [0.1, 0.15) is 12.8 Å². The SMILES string of the molecule is Cn1cnc2cc(-c3ccc(S(C)(=O)=O)cc3)nc(NC3CC3)c2c1=O. The van der Waals surface area contributed by atoms with Gasteiger partial charge in [0.15, 0.2) is 9.84 Å². The van der Waals surface area contributed by atoms with Crippen molar-refractivity contribution in [1.29, 1.82) is 0 Å². The maximum absolute atomic E-state index is 12.5. The molecule has 1 aliphatic rings. The van der Waals surface area contributed by atoms with Crippen LogP contribution in [0.4, 0.5) is 5.82 Å². The molecule has 3 aromatic rings. The molecule has 8 heteroatoms. The van der Waals surface area contributed by atoms with Crippen molar-refractivity contribution in [3.8, 4) is 11.3 Å². The van der Waals surface area contributed by atoms with Gasteiger partial charge in [-0.3, -0.25) is 4.79 Å². The molecule has 0 aliphatic heterocycles. The van der Waals surface area contributed by atoms with Crippen molar-refractivity contribution in [3.05, 3.63) is 47.0 Å². The first-order valence-electron chi connectivity index (χ1n) is 8.26. The molecule has 2 heterocycles. The summed E-state index contributed by atoms with van der Waals surface area (Å²) in [5.41, 5.74) is 1.82. The van der Waals surface area contributed by atoms with Gasteiger partial charge >= 0.3 is 0 Å². The molecule has 2 aromatic heterocycles. The Hall–Kier alpha value is -2.74. The second-order valence-electron chi connectivity index (χ2n) is 6.63. The van der Waals surface area contributed by atoms with Crippen LogP contribution in [0.2, 0.25) is 0 Å². The van der Waals surface area contributed by atoms with Crippen molar-refractivity contribution in [2.75, 3.05) is 11.6 Å². The van der Waals surface area contributed by atoms with E-state index in [4.69, 9.17) is 0 Å². The first kappa shape index (κ1) is 16.7. The van der Waals surface area contributed by atoms with Crippen LogP contribution >= 0.6 is 0 Å². The Balaban J connectivity index is 1.88. The number of hydrogen-bond acceptors (Lipinski definition) is 6. The van der Waals surface area contributed by atoms with E-state index in [1.165, 1.54) is 17.2 Å². The molecule has 0 radical (unpaired) electrons. The number of anilines is 1. The third-order valence-corrected chi connectivity index (χ3v) is 5.53. The summed E-state index contributed by atoms with van der Waals surface area (Å²) >= 11 is 0. The van der Waals surface area contributed by atoms with Crippen molar-refractivity contribution in [2.45, 2.75) is 23.8 Å². The zero-order valence-electron chi connectivity index (χ0n) is 14.4. The summed E-state index contributed by atoms with van der Waals surface area (Å²) in [5, 5.41) is 3.78. The van der Waals surface area contributed by atoms with Crippen LogP contribution in [0.3, 0.4) is 0 Å². The Labute approximate surface area is 150 Å². The third kappa shape index (κ3) is 3.08. The number of hydrogen-bond donors (Lipinski definition) is 1. The highest BCUT2D eigenvalue weighted by Crippen LogP contribution is 2.30. The van der Waals surface area contributed by atoms with E-state index in [1.54, 1.807) is 37.4 Å². The fraction of sp³-hybridized carbons (Fsp3) is 0.278. The minimum Gasteiger partial charge on any atom is -0.367 e. The van der Waals surface area contributed by atoms with Gasteiger partial charge < -0.3 is 9.88 Å². The number of rotatable bonds is 4. The molecule has 4 rings (SSSR count). The highest BCUT2D eigenvalue weighted by atomic mass is 32.2. The van der Waals surface area contributed by atoms with Crippen LogP contribution in [0.25, 0.3) is 22.2 Å². The maximum atomic E-state index is 12.5. The number of aromatic nitrogens is 3. The van der Waals surface area contributed by atoms with Crippen LogP contribution in [0.15, 0.2) is 46.3 Å². The van der Waals surface area contributed by atoms with E-state index in [1.807, 2.05) is 0 Å². The number of aryl methyl sites for hydroxylation is 1. The average Bonchev–Trinajstić information content (AvgIpc) is 3.41. The Morgan fingerprint density at radius 1 is 1.19 bits per heavy atom. The van der Waals surface area contributed by atoms with Gasteiger partial charge in [0.2, 0.25) is 0 Å². The molecule has 0 bridgehead atoms. The highest BCUT2D eigenvalue weighted by molar-refractivity contribution is 7.90. The van der Waals surface area contributed by atoms with E-state index in [-0.39, 0.29) is 10.5 Å². The second kappa shape index (κ2) is 5.91. The van der Waals surface area contributed by atoms with Crippen molar-refractivity contribution < 1.29 is 8.42 Å². The van der Waals surface area contributed by atoms with E-state index >= 15 is 0 Å². The standard InChI is InChI=1S/C18H18N4O3S/c1-22-10-19-15-9-14(11-3-7-13(8-4-11)26(2,24)25)21-17(16(15)18(22)23)20-12-5-6-12/h3-4,7-10,12H,5-6H2,1-2H3,(H,20,21). The Morgan fingerprint density at radius 2 is 1.88 bits per heavy atom. The van der Waals surface area contributed by atoms with Gasteiger partial charge in [-0.1, -0.05) is 12.1 Å². The lowest BCUT2D eigenvalue weighted by molar-refractivity contribution is 0.602. The van der Waals surface area contributed by atoms with Gasteiger partial charge in [0.05, 0.1) is 22.4 Å². The summed E-state index contributed by atoms with van der Waals surface area (Å²) < 4.78 is 24.7. The van der Waals surface area contributed by atoms with Gasteiger partial charge in [-0.05, 0) is 31.0 Å². The predicted octanol–water partition coefficient (Wildman–Crippen LogP) is 1.97. The first-order valence-corrected chi connectivity index (χ1v) is 10.2. The van der Waals surface area contributed by atoms with Crippen molar-refractivity contribution in [3.63, 3.8) is 0 Å². The molecule has 1 fully saturated rings. The molecule has 0 saturated heterocycles. The van der Waals surface area contributed by atoms with Crippen molar-refractivity contribution in [1.82, 2.24) is 14.5 Å². The van der Waals surface area contributed by atoms with Gasteiger partial charge in [0.25, 0.3) is 5.56 Å². The lowest BCUT2D eigenvalue weighted by Gasteiger charge is -2.11. The van der Waals surface area contributed by atoms with Gasteiger partial charge in [-0.25, -0.2) is 18.4 Å². The molecule has 1 aromatic carbocycles. The van der Waals surface area contributed by atoms with Crippen LogP contribution in [0, 0.1) is 0 Å². The molecule has 134 valence electrons. The Morgan fingerprint density at radius 3 is 2.50 bits per heavy atom. The zero-order chi connectivity index (χ0) is 18.5. The van der Waals surface area contributed by atoms with Crippen molar-refractivity contribution >= 4 is 26.6 Å². The lowest BCUT2D eigenvalue weighted by atomic mass is 10.1. The predicted molar refractivity (Wildman–Crippen MR) is 100.0 cm³/mol. The van der Waals surface area contributed by atoms with E-state index < -0.39 is 9.84 Å². The topological polar surface area (TPSA) is 93.9 Å². The highest BCUT2D eigenvalue weighted by Gasteiger charge is 2.24. The summed E-state index contributed by atoms with van der Waals surface area (Å²) in [5.74, 6) is 0.529. The quantitative estimate of drug-likeness (QED) is 0.755. The number of benzene rings is 1. The number of sulfone groups is 1. The molecule has 0 amide bonds. The third-order valence-electron chi connectivity index (χ3n) is 4.40. The second-order valence-corrected chi connectivity index (χ2v) is 8.64. The van der Waals surface area contributed by atoms with E-state index in [9.17, 15) is 13.2 Å². The van der Waals surface area contributed by atoms with E-state index in [0.29, 0.717) is 28.5 Å². The summed E-state index contributed by atoms with van der Waals surface area (Å²) in [7, 11) is -1.59. The minimum absolute atomic E-state index is 0.148. The zero-order valence-corrected chi connectivity index (χ0v) is 15.2. The average molecular weight is 370 g/mol. The summed E-state index contributed by atoms with van der Waals surface area (Å²) in [6, 6.07) is 8.63. The molecule has 1 saturated carbocycles. The number of fused-ring (bicyclic) bond motifs is 1. The van der Waals surface area contributed by atoms with Crippen LogP contribution in [-0.4, -0.2) is 35.3 Å². The van der Waals surface area contributed by atoms with Crippen molar-refractivity contribution in [2.24, 2.45) is 7.05 Å². The van der Waals surface area contributed by atoms with Gasteiger partial charge in [-0.2, -0.15) is 0 Å². The normalized spacial score (nSPS) is 14.5. The largest absolute Gasteiger partial charge is 0.367 e. The molecule has 1 aliphatic carbocycles. The number of pyridine rings is 1. The van der Waals surface area contributed by atoms with Gasteiger partial charge in [0.1, 0.15) is 11.2 Å². The maximum Gasteiger partial charge on any atom is 0.264 e. The molecule has 0 atom stereocenters. The molecular formula is C18H18N4O3S. The fourth-order valence-corrected chi connectivity index (χ4v) is 3.40. The lowest BCUT2D eigenvalue weighted by Crippen LogP contribution is -2.19. The fourth-order valence-electron chi connectivity index (χ4n) is 2.77. The van der Waals surface area contributed by atoms with Crippen LogP contribution in [-0.2, 0) is 16.9 Å². The number of nitrogens with zero attached hydrogens (tertiary/aromatic N) is 3. The summed E-state index contributed by atoms with van der Waals surface area (Å²) in [6.07, 6.45) is 4.77. The van der Waals surface area contributed by atoms with Gasteiger partial charge in [0, 0.05) is 24.9 Å². The van der Waals surface area contributed by atoms with Gasteiger partial charge in [-0.15, -0.1) is 0 Å². The molecule has 0 spiro atoms. The number of nitrogens with one attached hydrogen (secondary N) is 1. The van der Waals surface area contributed by atoms with E-state index in [0.717, 1.165) is 18.4 Å². The Kier molecular flexibility index (Phi) is 3.80. The minimum atomic E-state index is -3.25. The Bertz CT molecular complexity index is 1160. The molecule has 7 nitrogen and oxygen atoms in total. The monoisotopic (exact) mass is 370 g/mol. The van der Waals surface area contributed by atoms with Crippen LogP contribution < -0.4 is 10.9 Å². The molecular weight excluding hydrogens is 352 g/mol. The molecule has 1 N–H and O–H groups in total. The van der Waals surface area contributed by atoms with E-state index in [2.05, 4.69) is 15.3 Å². The first-order chi connectivity index (χ1) is 12.3. The summed E-state index contributed by atoms with van der Waals surface area (Å²) in [6.45, 7) is 0. The molecule has 26 heavy (non-hydrogen) atoms. The summed E-state index contributed by atoms with van der Waals surface area (Å²) in [4.78, 5) is 21.8. The smallest absolute Gasteiger partial charge is 0.264 e. The molecule has 0 unspecified atom stereocenters.